The first-order valence-electron chi connectivity index (χ1n) is 10.0. The van der Waals surface area contributed by atoms with Crippen LogP contribution in [0.5, 0.6) is 11.5 Å². The average molecular weight is 485 g/mol. The number of hydrogen-bond donors (Lipinski definition) is 1. The maximum atomic E-state index is 12.8. The van der Waals surface area contributed by atoms with Crippen molar-refractivity contribution < 1.29 is 27.1 Å². The van der Waals surface area contributed by atoms with Crippen molar-refractivity contribution in [1.82, 2.24) is 14.5 Å². The zero-order chi connectivity index (χ0) is 24.7. The lowest BCUT2D eigenvalue weighted by molar-refractivity contribution is 0.102. The summed E-state index contributed by atoms with van der Waals surface area (Å²) >= 11 is 0. The standard InChI is InChI=1S/C23H24N4O6S/c1-5-13-27(14-6-2)34(29,30)18-10-7-16(8-11-18)21(28)24-23-26-25-22(33-23)19-15-17(31-3)9-12-20(19)32-4/h5-12,15H,1-2,13-14H2,3-4H3,(H,24,26,28). The van der Waals surface area contributed by atoms with Gasteiger partial charge in [-0.1, -0.05) is 17.3 Å². The molecule has 1 amide bonds. The molecule has 1 N–H and O–H groups in total. The fraction of sp³-hybridized carbons (Fsp3) is 0.174. The normalized spacial score (nSPS) is 11.1. The number of rotatable bonds is 11. The van der Waals surface area contributed by atoms with Gasteiger partial charge in [-0.05, 0) is 42.5 Å². The van der Waals surface area contributed by atoms with Crippen LogP contribution in [0.3, 0.4) is 0 Å². The highest BCUT2D eigenvalue weighted by molar-refractivity contribution is 7.89. The summed E-state index contributed by atoms with van der Waals surface area (Å²) in [6.07, 6.45) is 2.98. The van der Waals surface area contributed by atoms with Crippen molar-refractivity contribution in [2.45, 2.75) is 4.90 Å². The molecule has 2 aromatic carbocycles. The predicted octanol–water partition coefficient (Wildman–Crippen LogP) is 3.37. The fourth-order valence-electron chi connectivity index (χ4n) is 3.02. The van der Waals surface area contributed by atoms with Gasteiger partial charge in [0.1, 0.15) is 11.5 Å². The summed E-state index contributed by atoms with van der Waals surface area (Å²) in [5, 5.41) is 10.3. The molecule has 0 atom stereocenters. The van der Waals surface area contributed by atoms with Gasteiger partial charge in [0.15, 0.2) is 0 Å². The quantitative estimate of drug-likeness (QED) is 0.411. The highest BCUT2D eigenvalue weighted by Crippen LogP contribution is 2.33. The van der Waals surface area contributed by atoms with Gasteiger partial charge >= 0.3 is 6.01 Å². The zero-order valence-corrected chi connectivity index (χ0v) is 19.5. The lowest BCUT2D eigenvalue weighted by atomic mass is 10.2. The lowest BCUT2D eigenvalue weighted by Gasteiger charge is -2.19. The lowest BCUT2D eigenvalue weighted by Crippen LogP contribution is -2.31. The Balaban J connectivity index is 1.77. The third-order valence-corrected chi connectivity index (χ3v) is 6.55. The largest absolute Gasteiger partial charge is 0.497 e. The molecule has 0 aliphatic heterocycles. The number of benzene rings is 2. The summed E-state index contributed by atoms with van der Waals surface area (Å²) in [6, 6.07) is 10.4. The molecule has 0 bridgehead atoms. The first-order valence-corrected chi connectivity index (χ1v) is 11.5. The predicted molar refractivity (Wildman–Crippen MR) is 126 cm³/mol. The van der Waals surface area contributed by atoms with Crippen LogP contribution in [0.15, 0.2) is 77.1 Å². The number of methoxy groups -OCH3 is 2. The average Bonchev–Trinajstić information content (AvgIpc) is 3.31. The first-order chi connectivity index (χ1) is 16.3. The summed E-state index contributed by atoms with van der Waals surface area (Å²) in [5.41, 5.74) is 0.699. The van der Waals surface area contributed by atoms with Crippen LogP contribution in [-0.4, -0.2) is 56.1 Å². The topological polar surface area (TPSA) is 124 Å². The van der Waals surface area contributed by atoms with E-state index in [1.54, 1.807) is 18.2 Å². The van der Waals surface area contributed by atoms with E-state index in [2.05, 4.69) is 28.7 Å². The summed E-state index contributed by atoms with van der Waals surface area (Å²) in [7, 11) is -0.742. The number of carbonyl (C=O) groups is 1. The van der Waals surface area contributed by atoms with E-state index in [4.69, 9.17) is 13.9 Å². The second-order valence-electron chi connectivity index (χ2n) is 6.86. The summed E-state index contributed by atoms with van der Waals surface area (Å²) in [6.45, 7) is 7.43. The van der Waals surface area contributed by atoms with Gasteiger partial charge in [0, 0.05) is 18.7 Å². The Hall–Kier alpha value is -3.96. The molecule has 0 fully saturated rings. The van der Waals surface area contributed by atoms with E-state index in [-0.39, 0.29) is 35.5 Å². The number of nitrogens with zero attached hydrogens (tertiary/aromatic N) is 3. The number of amides is 1. The minimum absolute atomic E-state index is 0.0398. The molecule has 1 heterocycles. The van der Waals surface area contributed by atoms with Crippen molar-refractivity contribution in [2.24, 2.45) is 0 Å². The van der Waals surface area contributed by atoms with Crippen LogP contribution >= 0.6 is 0 Å². The van der Waals surface area contributed by atoms with Gasteiger partial charge in [-0.15, -0.1) is 18.3 Å². The second-order valence-corrected chi connectivity index (χ2v) is 8.79. The number of sulfonamides is 1. The molecule has 10 nitrogen and oxygen atoms in total. The number of nitrogens with one attached hydrogen (secondary N) is 1. The SMILES string of the molecule is C=CCN(CC=C)S(=O)(=O)c1ccc(C(=O)Nc2nnc(-c3cc(OC)ccc3OC)o2)cc1. The van der Waals surface area contributed by atoms with E-state index in [0.29, 0.717) is 17.1 Å². The summed E-state index contributed by atoms with van der Waals surface area (Å²) < 4.78 is 42.9. The van der Waals surface area contributed by atoms with Crippen molar-refractivity contribution >= 4 is 21.9 Å². The third-order valence-electron chi connectivity index (χ3n) is 4.70. The van der Waals surface area contributed by atoms with E-state index in [1.165, 1.54) is 54.9 Å². The summed E-state index contributed by atoms with van der Waals surface area (Å²) in [5.74, 6) is 0.623. The minimum Gasteiger partial charge on any atom is -0.497 e. The highest BCUT2D eigenvalue weighted by atomic mass is 32.2. The van der Waals surface area contributed by atoms with Crippen LogP contribution in [0.1, 0.15) is 10.4 Å². The molecular formula is C23H24N4O6S. The van der Waals surface area contributed by atoms with E-state index < -0.39 is 15.9 Å². The summed E-state index contributed by atoms with van der Waals surface area (Å²) in [4.78, 5) is 12.7. The van der Waals surface area contributed by atoms with Gasteiger partial charge in [0.25, 0.3) is 11.8 Å². The Labute approximate surface area is 197 Å². The van der Waals surface area contributed by atoms with Gasteiger partial charge in [-0.3, -0.25) is 10.1 Å². The Morgan fingerprint density at radius 2 is 1.74 bits per heavy atom. The second kappa shape index (κ2) is 10.8. The van der Waals surface area contributed by atoms with Crippen LogP contribution in [0.2, 0.25) is 0 Å². The van der Waals surface area contributed by atoms with Crippen LogP contribution in [0.25, 0.3) is 11.5 Å². The Morgan fingerprint density at radius 3 is 2.32 bits per heavy atom. The molecule has 0 aliphatic carbocycles. The molecule has 0 spiro atoms. The van der Waals surface area contributed by atoms with Crippen LogP contribution in [0.4, 0.5) is 6.01 Å². The Morgan fingerprint density at radius 1 is 1.06 bits per heavy atom. The van der Waals surface area contributed by atoms with Crippen LogP contribution < -0.4 is 14.8 Å². The van der Waals surface area contributed by atoms with Gasteiger partial charge in [-0.25, -0.2) is 8.42 Å². The maximum Gasteiger partial charge on any atom is 0.322 e. The van der Waals surface area contributed by atoms with Gasteiger partial charge in [0.2, 0.25) is 10.0 Å². The number of ether oxygens (including phenoxy) is 2. The molecule has 0 aliphatic rings. The maximum absolute atomic E-state index is 12.8. The Kier molecular flexibility index (Phi) is 7.82. The molecule has 34 heavy (non-hydrogen) atoms. The molecule has 0 unspecified atom stereocenters. The van der Waals surface area contributed by atoms with Crippen molar-refractivity contribution in [1.29, 1.82) is 0 Å². The van der Waals surface area contributed by atoms with Crippen molar-refractivity contribution in [3.63, 3.8) is 0 Å². The zero-order valence-electron chi connectivity index (χ0n) is 18.7. The molecule has 3 aromatic rings. The van der Waals surface area contributed by atoms with Crippen LogP contribution in [0, 0.1) is 0 Å². The van der Waals surface area contributed by atoms with E-state index in [9.17, 15) is 13.2 Å². The Bertz CT molecular complexity index is 1280. The number of anilines is 1. The molecule has 1 aromatic heterocycles. The molecule has 0 saturated heterocycles. The van der Waals surface area contributed by atoms with E-state index in [1.807, 2.05) is 0 Å². The van der Waals surface area contributed by atoms with E-state index >= 15 is 0 Å². The molecule has 11 heteroatoms. The molecule has 3 rings (SSSR count). The fourth-order valence-corrected chi connectivity index (χ4v) is 4.40. The van der Waals surface area contributed by atoms with Crippen LogP contribution in [-0.2, 0) is 10.0 Å². The van der Waals surface area contributed by atoms with E-state index in [0.717, 1.165) is 0 Å². The smallest absolute Gasteiger partial charge is 0.322 e. The molecule has 0 saturated carbocycles. The molecule has 178 valence electrons. The molecule has 0 radical (unpaired) electrons. The minimum atomic E-state index is -3.77. The molecular weight excluding hydrogens is 460 g/mol. The highest BCUT2D eigenvalue weighted by Gasteiger charge is 2.23. The van der Waals surface area contributed by atoms with Crippen molar-refractivity contribution in [3.05, 3.63) is 73.3 Å². The number of hydrogen-bond acceptors (Lipinski definition) is 8. The first kappa shape index (κ1) is 24.7. The van der Waals surface area contributed by atoms with Crippen molar-refractivity contribution in [2.75, 3.05) is 32.6 Å². The van der Waals surface area contributed by atoms with Gasteiger partial charge in [-0.2, -0.15) is 4.31 Å². The number of aromatic nitrogens is 2. The monoisotopic (exact) mass is 484 g/mol. The van der Waals surface area contributed by atoms with Gasteiger partial charge in [0.05, 0.1) is 24.7 Å². The third kappa shape index (κ3) is 5.33. The number of carbonyl (C=O) groups excluding carboxylic acids is 1. The van der Waals surface area contributed by atoms with Gasteiger partial charge < -0.3 is 13.9 Å². The van der Waals surface area contributed by atoms with Crippen molar-refractivity contribution in [3.8, 4) is 23.0 Å².